The molecule has 2 rings (SSSR count). The molecule has 0 unspecified atom stereocenters. The van der Waals surface area contributed by atoms with Crippen LogP contribution in [0.15, 0.2) is 12.1 Å². The van der Waals surface area contributed by atoms with Crippen molar-refractivity contribution < 1.29 is 24.5 Å². The highest BCUT2D eigenvalue weighted by Crippen LogP contribution is 2.47. The Kier molecular flexibility index (Phi) is 3.95. The number of hydrogen-bond donors (Lipinski definition) is 2. The summed E-state index contributed by atoms with van der Waals surface area (Å²) in [6, 6.07) is 2.84. The van der Waals surface area contributed by atoms with Crippen molar-refractivity contribution in [1.29, 1.82) is 0 Å². The zero-order chi connectivity index (χ0) is 15.7. The average Bonchev–Trinajstić information content (AvgIpc) is 2.83. The first kappa shape index (κ1) is 15.0. The number of halogens is 1. The molecule has 0 radical (unpaired) electrons. The van der Waals surface area contributed by atoms with Crippen LogP contribution in [-0.4, -0.2) is 40.2 Å². The van der Waals surface area contributed by atoms with E-state index in [2.05, 4.69) is 5.10 Å². The number of ether oxygens (including phenoxy) is 2. The van der Waals surface area contributed by atoms with Gasteiger partial charge in [-0.25, -0.2) is 4.79 Å². The van der Waals surface area contributed by atoms with Crippen molar-refractivity contribution in [2.45, 2.75) is 0 Å². The summed E-state index contributed by atoms with van der Waals surface area (Å²) in [5.74, 6) is -0.897. The van der Waals surface area contributed by atoms with Gasteiger partial charge in [-0.15, -0.1) is 0 Å². The van der Waals surface area contributed by atoms with Crippen molar-refractivity contribution in [3.05, 3.63) is 22.8 Å². The summed E-state index contributed by atoms with van der Waals surface area (Å²) >= 11 is 6.05. The number of methoxy groups -OCH3 is 2. The van der Waals surface area contributed by atoms with E-state index in [1.807, 2.05) is 0 Å². The summed E-state index contributed by atoms with van der Waals surface area (Å²) in [6.45, 7) is 0. The second-order valence-corrected chi connectivity index (χ2v) is 4.54. The third kappa shape index (κ3) is 2.47. The molecule has 112 valence electrons. The lowest BCUT2D eigenvalue weighted by Crippen LogP contribution is -1.99. The monoisotopic (exact) mass is 312 g/mol. The van der Waals surface area contributed by atoms with Crippen LogP contribution in [0.3, 0.4) is 0 Å². The summed E-state index contributed by atoms with van der Waals surface area (Å²) in [6.07, 6.45) is 0. The standard InChI is InChI=1S/C13H13ClN2O5/c1-16-8(5-7(15-16)13(18)19)6-4-9(20-2)12(21-3)10(14)11(6)17/h4-5,17H,1-3H3,(H,18,19). The van der Waals surface area contributed by atoms with Crippen LogP contribution in [0.1, 0.15) is 10.5 Å². The lowest BCUT2D eigenvalue weighted by Gasteiger charge is -2.14. The van der Waals surface area contributed by atoms with Gasteiger partial charge in [-0.05, 0) is 12.1 Å². The minimum atomic E-state index is -1.16. The first-order valence-electron chi connectivity index (χ1n) is 5.81. The lowest BCUT2D eigenvalue weighted by atomic mass is 10.1. The van der Waals surface area contributed by atoms with E-state index in [0.29, 0.717) is 17.0 Å². The third-order valence-corrected chi connectivity index (χ3v) is 3.31. The molecule has 0 fully saturated rings. The minimum absolute atomic E-state index is 0.0232. The van der Waals surface area contributed by atoms with Gasteiger partial charge in [0.1, 0.15) is 10.8 Å². The van der Waals surface area contributed by atoms with Crippen LogP contribution in [-0.2, 0) is 7.05 Å². The van der Waals surface area contributed by atoms with Crippen LogP contribution in [0, 0.1) is 0 Å². The maximum absolute atomic E-state index is 11.0. The molecule has 0 aliphatic rings. The highest BCUT2D eigenvalue weighted by Gasteiger charge is 2.22. The Morgan fingerprint density at radius 1 is 1.33 bits per heavy atom. The molecule has 0 saturated carbocycles. The largest absolute Gasteiger partial charge is 0.506 e. The Morgan fingerprint density at radius 3 is 2.48 bits per heavy atom. The third-order valence-electron chi connectivity index (χ3n) is 2.96. The van der Waals surface area contributed by atoms with Crippen molar-refractivity contribution in [2.24, 2.45) is 7.05 Å². The van der Waals surface area contributed by atoms with E-state index < -0.39 is 5.97 Å². The summed E-state index contributed by atoms with van der Waals surface area (Å²) in [5.41, 5.74) is 0.533. The van der Waals surface area contributed by atoms with Crippen molar-refractivity contribution in [3.8, 4) is 28.5 Å². The molecular formula is C13H13ClN2O5. The lowest BCUT2D eigenvalue weighted by molar-refractivity contribution is 0.0689. The van der Waals surface area contributed by atoms with E-state index >= 15 is 0 Å². The van der Waals surface area contributed by atoms with Gasteiger partial charge in [-0.2, -0.15) is 5.10 Å². The van der Waals surface area contributed by atoms with Crippen molar-refractivity contribution in [1.82, 2.24) is 9.78 Å². The Balaban J connectivity index is 2.70. The number of carboxylic acids is 1. The number of benzene rings is 1. The fourth-order valence-electron chi connectivity index (χ4n) is 1.96. The molecule has 1 aromatic heterocycles. The molecular weight excluding hydrogens is 300 g/mol. The van der Waals surface area contributed by atoms with E-state index in [0.717, 1.165) is 0 Å². The van der Waals surface area contributed by atoms with Gasteiger partial charge in [-0.3, -0.25) is 4.68 Å². The smallest absolute Gasteiger partial charge is 0.356 e. The second kappa shape index (κ2) is 5.53. The van der Waals surface area contributed by atoms with Crippen LogP contribution in [0.2, 0.25) is 5.02 Å². The Labute approximate surface area is 125 Å². The van der Waals surface area contributed by atoms with E-state index in [9.17, 15) is 9.90 Å². The first-order chi connectivity index (χ1) is 9.90. The van der Waals surface area contributed by atoms with Crippen molar-refractivity contribution in [2.75, 3.05) is 14.2 Å². The SMILES string of the molecule is COc1cc(-c2cc(C(=O)O)nn2C)c(O)c(Cl)c1OC. The number of aromatic hydroxyl groups is 1. The van der Waals surface area contributed by atoms with Gasteiger partial charge in [0, 0.05) is 12.6 Å². The predicted octanol–water partition coefficient (Wildman–Crippen LogP) is 2.16. The molecule has 2 N–H and O–H groups in total. The summed E-state index contributed by atoms with van der Waals surface area (Å²) < 4.78 is 11.6. The fraction of sp³-hybridized carbons (Fsp3) is 0.231. The second-order valence-electron chi connectivity index (χ2n) is 4.17. The molecule has 0 bridgehead atoms. The number of carbonyl (C=O) groups is 1. The highest BCUT2D eigenvalue weighted by molar-refractivity contribution is 6.34. The predicted molar refractivity (Wildman–Crippen MR) is 75.4 cm³/mol. The molecule has 2 aromatic rings. The van der Waals surface area contributed by atoms with E-state index in [-0.39, 0.29) is 22.2 Å². The molecule has 0 aliphatic carbocycles. The molecule has 0 saturated heterocycles. The number of rotatable bonds is 4. The molecule has 1 heterocycles. The van der Waals surface area contributed by atoms with E-state index in [1.165, 1.54) is 31.0 Å². The maximum Gasteiger partial charge on any atom is 0.356 e. The number of carboxylic acid groups (broad SMARTS) is 1. The van der Waals surface area contributed by atoms with Gasteiger partial charge in [-0.1, -0.05) is 11.6 Å². The number of aromatic nitrogens is 2. The molecule has 0 aliphatic heterocycles. The minimum Gasteiger partial charge on any atom is -0.506 e. The van der Waals surface area contributed by atoms with Gasteiger partial charge >= 0.3 is 5.97 Å². The summed E-state index contributed by atoms with van der Waals surface area (Å²) in [7, 11) is 4.39. The van der Waals surface area contributed by atoms with Gasteiger partial charge in [0.2, 0.25) is 0 Å². The molecule has 0 atom stereocenters. The van der Waals surface area contributed by atoms with Crippen LogP contribution < -0.4 is 9.47 Å². The average molecular weight is 313 g/mol. The van der Waals surface area contributed by atoms with E-state index in [1.54, 1.807) is 7.05 Å². The first-order valence-corrected chi connectivity index (χ1v) is 6.19. The van der Waals surface area contributed by atoms with Crippen LogP contribution in [0.5, 0.6) is 17.2 Å². The highest BCUT2D eigenvalue weighted by atomic mass is 35.5. The molecule has 21 heavy (non-hydrogen) atoms. The summed E-state index contributed by atoms with van der Waals surface area (Å²) in [4.78, 5) is 11.0. The van der Waals surface area contributed by atoms with Crippen LogP contribution in [0.4, 0.5) is 0 Å². The maximum atomic E-state index is 11.0. The topological polar surface area (TPSA) is 93.8 Å². The molecule has 0 spiro atoms. The van der Waals surface area contributed by atoms with Crippen LogP contribution >= 0.6 is 11.6 Å². The molecule has 1 aromatic carbocycles. The van der Waals surface area contributed by atoms with Crippen molar-refractivity contribution >= 4 is 17.6 Å². The fourth-order valence-corrected chi connectivity index (χ4v) is 2.23. The quantitative estimate of drug-likeness (QED) is 0.898. The van der Waals surface area contributed by atoms with Crippen molar-refractivity contribution in [3.63, 3.8) is 0 Å². The molecule has 8 heteroatoms. The Morgan fingerprint density at radius 2 is 2.00 bits per heavy atom. The van der Waals surface area contributed by atoms with Gasteiger partial charge in [0.25, 0.3) is 0 Å². The number of phenolic OH excluding ortho intramolecular Hbond substituents is 1. The van der Waals surface area contributed by atoms with Gasteiger partial charge < -0.3 is 19.7 Å². The Hall–Kier alpha value is -2.41. The number of nitrogens with zero attached hydrogens (tertiary/aromatic N) is 2. The van der Waals surface area contributed by atoms with E-state index in [4.69, 9.17) is 26.2 Å². The molecule has 0 amide bonds. The number of aromatic carboxylic acids is 1. The van der Waals surface area contributed by atoms with Gasteiger partial charge in [0.05, 0.1) is 19.9 Å². The van der Waals surface area contributed by atoms with Gasteiger partial charge in [0.15, 0.2) is 17.2 Å². The zero-order valence-corrected chi connectivity index (χ0v) is 12.3. The normalized spacial score (nSPS) is 10.5. The number of hydrogen-bond acceptors (Lipinski definition) is 5. The zero-order valence-electron chi connectivity index (χ0n) is 11.5. The molecule has 7 nitrogen and oxygen atoms in total. The van der Waals surface area contributed by atoms with Crippen LogP contribution in [0.25, 0.3) is 11.3 Å². The number of phenols is 1. The Bertz CT molecular complexity index is 711. The number of aryl methyl sites for hydroxylation is 1. The summed E-state index contributed by atoms with van der Waals surface area (Å²) in [5, 5.41) is 23.0.